The largest absolute Gasteiger partial charge is 0.469 e. The van der Waals surface area contributed by atoms with Gasteiger partial charge in [-0.25, -0.2) is 0 Å². The first kappa shape index (κ1) is 27.1. The fourth-order valence-corrected chi connectivity index (χ4v) is 8.54. The smallest absolute Gasteiger partial charge is 0.305 e. The maximum Gasteiger partial charge on any atom is 0.305 e. The molecule has 9 atom stereocenters. The van der Waals surface area contributed by atoms with Gasteiger partial charge in [-0.05, 0) is 43.9 Å². The molecule has 4 rings (SSSR count). The van der Waals surface area contributed by atoms with Crippen molar-refractivity contribution in [3.8, 4) is 0 Å². The summed E-state index contributed by atoms with van der Waals surface area (Å²) >= 11 is 0. The summed E-state index contributed by atoms with van der Waals surface area (Å²) in [6, 6.07) is 0. The summed E-state index contributed by atoms with van der Waals surface area (Å²) < 4.78 is 4.76. The van der Waals surface area contributed by atoms with Crippen LogP contribution >= 0.6 is 0 Å². The minimum atomic E-state index is -1.49. The molecule has 0 saturated heterocycles. The van der Waals surface area contributed by atoms with Crippen molar-refractivity contribution in [2.45, 2.75) is 85.4 Å². The van der Waals surface area contributed by atoms with E-state index in [1.807, 2.05) is 13.8 Å². The number of fused-ring (bicyclic) bond motifs is 4. The molecular formula is C28H40O8. The Hall–Kier alpha value is -1.90. The first-order chi connectivity index (χ1) is 16.7. The van der Waals surface area contributed by atoms with Crippen LogP contribution in [0.2, 0.25) is 0 Å². The van der Waals surface area contributed by atoms with Gasteiger partial charge in [-0.15, -0.1) is 0 Å². The zero-order valence-electron chi connectivity index (χ0n) is 22.2. The number of ether oxygens (including phenoxy) is 1. The van der Waals surface area contributed by atoms with Crippen LogP contribution in [0.15, 0.2) is 11.1 Å². The third-order valence-corrected chi connectivity index (χ3v) is 11.2. The third kappa shape index (κ3) is 3.16. The Labute approximate surface area is 212 Å². The second-order valence-corrected chi connectivity index (χ2v) is 12.6. The van der Waals surface area contributed by atoms with Gasteiger partial charge in [-0.1, -0.05) is 27.7 Å². The van der Waals surface area contributed by atoms with Gasteiger partial charge < -0.3 is 20.1 Å². The van der Waals surface area contributed by atoms with E-state index < -0.39 is 51.5 Å². The molecule has 0 amide bonds. The van der Waals surface area contributed by atoms with Crippen LogP contribution < -0.4 is 0 Å². The first-order valence-corrected chi connectivity index (χ1v) is 13.1. The van der Waals surface area contributed by atoms with E-state index in [4.69, 9.17) is 4.74 Å². The summed E-state index contributed by atoms with van der Waals surface area (Å²) in [6.45, 7) is 8.65. The van der Waals surface area contributed by atoms with Crippen LogP contribution in [0.5, 0.6) is 0 Å². The van der Waals surface area contributed by atoms with E-state index in [2.05, 4.69) is 0 Å². The molecule has 8 heteroatoms. The Kier molecular flexibility index (Phi) is 6.46. The maximum atomic E-state index is 14.1. The molecular weight excluding hydrogens is 464 g/mol. The number of esters is 1. The molecule has 0 heterocycles. The van der Waals surface area contributed by atoms with Crippen LogP contribution in [0, 0.1) is 39.4 Å². The normalized spacial score (nSPS) is 45.2. The predicted molar refractivity (Wildman–Crippen MR) is 129 cm³/mol. The van der Waals surface area contributed by atoms with Crippen LogP contribution in [0.4, 0.5) is 0 Å². The molecule has 0 aromatic heterocycles. The number of aliphatic hydroxyl groups excluding tert-OH is 3. The van der Waals surface area contributed by atoms with E-state index in [-0.39, 0.29) is 60.5 Å². The molecule has 200 valence electrons. The molecule has 0 spiro atoms. The molecule has 0 radical (unpaired) electrons. The summed E-state index contributed by atoms with van der Waals surface area (Å²) in [6.07, 6.45) is -0.836. The number of ketones is 3. The van der Waals surface area contributed by atoms with Crippen LogP contribution in [-0.4, -0.2) is 64.6 Å². The van der Waals surface area contributed by atoms with Crippen molar-refractivity contribution in [2.24, 2.45) is 39.4 Å². The van der Waals surface area contributed by atoms with Crippen molar-refractivity contribution < 1.29 is 39.2 Å². The van der Waals surface area contributed by atoms with E-state index in [1.54, 1.807) is 20.8 Å². The number of Topliss-reactive ketones (excluding diaryl/α,β-unsaturated/α-hetero) is 3. The van der Waals surface area contributed by atoms with Crippen molar-refractivity contribution >= 4 is 23.3 Å². The number of allylic oxidation sites excluding steroid dienone is 1. The Morgan fingerprint density at radius 1 is 1.08 bits per heavy atom. The quantitative estimate of drug-likeness (QED) is 0.484. The molecule has 2 saturated carbocycles. The van der Waals surface area contributed by atoms with Gasteiger partial charge in [-0.2, -0.15) is 0 Å². The van der Waals surface area contributed by atoms with Crippen LogP contribution in [0.3, 0.4) is 0 Å². The van der Waals surface area contributed by atoms with Gasteiger partial charge in [0.25, 0.3) is 0 Å². The molecule has 0 bridgehead atoms. The summed E-state index contributed by atoms with van der Waals surface area (Å²) in [5.41, 5.74) is -3.96. The van der Waals surface area contributed by atoms with Crippen LogP contribution in [0.1, 0.15) is 73.1 Å². The molecule has 0 aromatic rings. The number of methoxy groups -OCH3 is 1. The summed E-state index contributed by atoms with van der Waals surface area (Å²) in [5.74, 6) is -2.45. The second kappa shape index (κ2) is 8.57. The standard InChI is InChI=1S/C28H40O8/c1-14(7-8-20(33)36-6)15-11-19(32)28(5)21-16(30)12-17-25(2,10-9-18(31)26(17,3)13-29)22(21)23(34)24(35)27(15,28)4/h14-15,17-18,24,29,31,35H,7-13H2,1-6H3/t14?,15-,17-,18+,24-,25+,26+,27+,28+/m1/s1. The van der Waals surface area contributed by atoms with E-state index in [0.29, 0.717) is 19.3 Å². The highest BCUT2D eigenvalue weighted by Gasteiger charge is 2.73. The highest BCUT2D eigenvalue weighted by molar-refractivity contribution is 6.17. The topological polar surface area (TPSA) is 138 Å². The molecule has 4 aliphatic rings. The van der Waals surface area contributed by atoms with Crippen molar-refractivity contribution in [1.29, 1.82) is 0 Å². The molecule has 0 aliphatic heterocycles. The Morgan fingerprint density at radius 3 is 2.31 bits per heavy atom. The van der Waals surface area contributed by atoms with E-state index in [1.165, 1.54) is 7.11 Å². The number of carbonyl (C=O) groups is 4. The lowest BCUT2D eigenvalue weighted by atomic mass is 9.42. The summed E-state index contributed by atoms with van der Waals surface area (Å²) in [7, 11) is 1.32. The van der Waals surface area contributed by atoms with E-state index >= 15 is 0 Å². The van der Waals surface area contributed by atoms with E-state index in [9.17, 15) is 34.5 Å². The zero-order chi connectivity index (χ0) is 27.0. The number of rotatable bonds is 5. The van der Waals surface area contributed by atoms with Crippen molar-refractivity contribution in [3.05, 3.63) is 11.1 Å². The van der Waals surface area contributed by atoms with Crippen LogP contribution in [-0.2, 0) is 23.9 Å². The lowest BCUT2D eigenvalue weighted by Gasteiger charge is -2.61. The van der Waals surface area contributed by atoms with Crippen molar-refractivity contribution in [1.82, 2.24) is 0 Å². The van der Waals surface area contributed by atoms with Gasteiger partial charge in [0.05, 0.1) is 25.2 Å². The van der Waals surface area contributed by atoms with Crippen molar-refractivity contribution in [2.75, 3.05) is 13.7 Å². The highest BCUT2D eigenvalue weighted by Crippen LogP contribution is 2.70. The average Bonchev–Trinajstić information content (AvgIpc) is 3.06. The summed E-state index contributed by atoms with van der Waals surface area (Å²) in [5, 5.41) is 32.7. The fourth-order valence-electron chi connectivity index (χ4n) is 8.54. The molecule has 2 fully saturated rings. The average molecular weight is 505 g/mol. The number of hydrogen-bond donors (Lipinski definition) is 3. The number of hydrogen-bond acceptors (Lipinski definition) is 8. The van der Waals surface area contributed by atoms with Gasteiger partial charge in [0, 0.05) is 46.7 Å². The summed E-state index contributed by atoms with van der Waals surface area (Å²) in [4.78, 5) is 53.5. The van der Waals surface area contributed by atoms with E-state index in [0.717, 1.165) is 0 Å². The SMILES string of the molecule is COC(=O)CCC(C)[C@H]1CC(=O)[C@@]2(C)C3=C(C(=O)[C@@H](O)[C@]12C)[C@@]1(C)CC[C@H](O)[C@@](C)(CO)[C@@H]1CC3=O. The highest BCUT2D eigenvalue weighted by atomic mass is 16.5. The van der Waals surface area contributed by atoms with Gasteiger partial charge >= 0.3 is 5.97 Å². The van der Waals surface area contributed by atoms with Gasteiger partial charge in [0.2, 0.25) is 0 Å². The zero-order valence-corrected chi connectivity index (χ0v) is 22.2. The Bertz CT molecular complexity index is 1050. The molecule has 8 nitrogen and oxygen atoms in total. The lowest BCUT2D eigenvalue weighted by Crippen LogP contribution is -2.65. The van der Waals surface area contributed by atoms with Gasteiger partial charge in [0.1, 0.15) is 11.9 Å². The number of carbonyl (C=O) groups excluding carboxylic acids is 4. The number of aliphatic hydroxyl groups is 3. The predicted octanol–water partition coefficient (Wildman–Crippen LogP) is 2.17. The Balaban J connectivity index is 1.87. The molecule has 0 aromatic carbocycles. The monoisotopic (exact) mass is 504 g/mol. The molecule has 1 unspecified atom stereocenters. The first-order valence-electron chi connectivity index (χ1n) is 13.1. The lowest BCUT2D eigenvalue weighted by molar-refractivity contribution is -0.163. The third-order valence-electron chi connectivity index (χ3n) is 11.2. The fraction of sp³-hybridized carbons (Fsp3) is 0.786. The minimum Gasteiger partial charge on any atom is -0.469 e. The Morgan fingerprint density at radius 2 is 1.72 bits per heavy atom. The molecule has 36 heavy (non-hydrogen) atoms. The van der Waals surface area contributed by atoms with Crippen molar-refractivity contribution in [3.63, 3.8) is 0 Å². The second-order valence-electron chi connectivity index (χ2n) is 12.6. The van der Waals surface area contributed by atoms with Crippen LogP contribution in [0.25, 0.3) is 0 Å². The minimum absolute atomic E-state index is 0.0222. The van der Waals surface area contributed by atoms with Gasteiger partial charge in [-0.3, -0.25) is 19.2 Å². The maximum absolute atomic E-state index is 14.1. The molecule has 3 N–H and O–H groups in total. The molecule has 4 aliphatic carbocycles. The van der Waals surface area contributed by atoms with Gasteiger partial charge in [0.15, 0.2) is 11.6 Å².